The second-order valence-electron chi connectivity index (χ2n) is 10.0. The van der Waals surface area contributed by atoms with Gasteiger partial charge in [0.2, 0.25) is 0 Å². The maximum Gasteiger partial charge on any atom is 0.336 e. The van der Waals surface area contributed by atoms with E-state index >= 15 is 0 Å². The molecule has 0 radical (unpaired) electrons. The first-order valence-electron chi connectivity index (χ1n) is 11.8. The predicted molar refractivity (Wildman–Crippen MR) is 118 cm³/mol. The van der Waals surface area contributed by atoms with Gasteiger partial charge in [0.1, 0.15) is 0 Å². The molecule has 1 spiro atoms. The van der Waals surface area contributed by atoms with E-state index in [2.05, 4.69) is 4.90 Å². The minimum absolute atomic E-state index is 0.00772. The fraction of sp³-hybridized carbons (Fsp3) is 0.538. The fourth-order valence-corrected chi connectivity index (χ4v) is 6.72. The average Bonchev–Trinajstić information content (AvgIpc) is 3.51. The molecular weight excluding hydrogens is 406 g/mol. The van der Waals surface area contributed by atoms with Crippen molar-refractivity contribution >= 4 is 11.8 Å². The first kappa shape index (κ1) is 20.2. The molecular formula is C26H29NO5. The lowest BCUT2D eigenvalue weighted by atomic mass is 9.49. The number of carbonyl (C=O) groups excluding carboxylic acids is 2. The summed E-state index contributed by atoms with van der Waals surface area (Å²) in [6, 6.07) is 3.77. The number of ketones is 1. The van der Waals surface area contributed by atoms with E-state index in [1.807, 2.05) is 19.1 Å². The van der Waals surface area contributed by atoms with Crippen LogP contribution >= 0.6 is 0 Å². The summed E-state index contributed by atoms with van der Waals surface area (Å²) in [4.78, 5) is 27.9. The Morgan fingerprint density at radius 1 is 1.31 bits per heavy atom. The van der Waals surface area contributed by atoms with E-state index in [0.29, 0.717) is 30.8 Å². The summed E-state index contributed by atoms with van der Waals surface area (Å²) in [5.74, 6) is 1.09. The van der Waals surface area contributed by atoms with Crippen LogP contribution < -0.4 is 9.47 Å². The first-order chi connectivity index (χ1) is 15.5. The maximum atomic E-state index is 13.1. The SMILES string of the molecule is C/C=C/C=C/C(=O)Oc1ccc2c3c1O[C@H]1C(=O)CC[C@@]4(O)[C@@H](C2)N(CC2CC2)CC[C@]314. The zero-order valence-corrected chi connectivity index (χ0v) is 18.4. The first-order valence-corrected chi connectivity index (χ1v) is 11.8. The number of esters is 1. The molecule has 2 aliphatic heterocycles. The predicted octanol–water partition coefficient (Wildman–Crippen LogP) is 2.86. The van der Waals surface area contributed by atoms with Gasteiger partial charge < -0.3 is 14.6 Å². The highest BCUT2D eigenvalue weighted by molar-refractivity contribution is 5.90. The average molecular weight is 436 g/mol. The van der Waals surface area contributed by atoms with Gasteiger partial charge in [-0.3, -0.25) is 9.69 Å². The molecule has 6 nitrogen and oxygen atoms in total. The summed E-state index contributed by atoms with van der Waals surface area (Å²) in [5, 5.41) is 12.2. The van der Waals surface area contributed by atoms with E-state index in [4.69, 9.17) is 9.47 Å². The van der Waals surface area contributed by atoms with Crippen LogP contribution in [0.1, 0.15) is 50.2 Å². The lowest BCUT2D eigenvalue weighted by Crippen LogP contribution is -2.76. The molecule has 1 aromatic carbocycles. The Bertz CT molecular complexity index is 1060. The maximum absolute atomic E-state index is 13.1. The van der Waals surface area contributed by atoms with Gasteiger partial charge in [-0.05, 0) is 63.1 Å². The minimum Gasteiger partial charge on any atom is -0.477 e. The molecule has 2 bridgehead atoms. The van der Waals surface area contributed by atoms with E-state index in [9.17, 15) is 14.7 Å². The largest absolute Gasteiger partial charge is 0.477 e. The number of Topliss-reactive ketones (excluding diaryl/α,β-unsaturated/α-hetero) is 1. The highest BCUT2D eigenvalue weighted by Crippen LogP contribution is 2.65. The highest BCUT2D eigenvalue weighted by Gasteiger charge is 2.73. The van der Waals surface area contributed by atoms with Crippen LogP contribution in [-0.4, -0.2) is 52.6 Å². The van der Waals surface area contributed by atoms with Crippen LogP contribution in [0, 0.1) is 5.92 Å². The van der Waals surface area contributed by atoms with Crippen LogP contribution in [0.4, 0.5) is 0 Å². The molecule has 1 N–H and O–H groups in total. The van der Waals surface area contributed by atoms with Crippen LogP contribution in [-0.2, 0) is 21.4 Å². The van der Waals surface area contributed by atoms with Crippen molar-refractivity contribution in [2.45, 2.75) is 68.6 Å². The number of likely N-dealkylation sites (tertiary alicyclic amines) is 1. The molecule has 3 aliphatic carbocycles. The van der Waals surface area contributed by atoms with Crippen LogP contribution in [0.2, 0.25) is 0 Å². The van der Waals surface area contributed by atoms with E-state index in [1.165, 1.54) is 18.9 Å². The number of allylic oxidation sites excluding steroid dienone is 3. The number of benzene rings is 1. The van der Waals surface area contributed by atoms with E-state index < -0.39 is 23.1 Å². The van der Waals surface area contributed by atoms with Crippen molar-refractivity contribution in [3.8, 4) is 11.5 Å². The molecule has 1 aromatic rings. The molecule has 2 saturated carbocycles. The van der Waals surface area contributed by atoms with Crippen molar-refractivity contribution in [2.24, 2.45) is 5.92 Å². The summed E-state index contributed by atoms with van der Waals surface area (Å²) >= 11 is 0. The third-order valence-corrected chi connectivity index (χ3v) is 8.29. The standard InChI is InChI=1S/C26H29NO5/c1-2-3-4-5-21(29)31-19-9-8-17-14-20-26(30)11-10-18(28)24-25(26,22(17)23(19)32-24)12-13-27(20)15-16-6-7-16/h2-5,8-9,16,20,24,30H,6-7,10-15H2,1H3/b3-2+,5-4+/t20-,24+,25+,26-/m1/s1. The number of carbonyl (C=O) groups is 2. The molecule has 32 heavy (non-hydrogen) atoms. The number of rotatable bonds is 5. The summed E-state index contributed by atoms with van der Waals surface area (Å²) in [7, 11) is 0. The van der Waals surface area contributed by atoms with E-state index in [0.717, 1.165) is 36.6 Å². The Hall–Kier alpha value is -2.44. The molecule has 5 aliphatic rings. The third-order valence-electron chi connectivity index (χ3n) is 8.29. The highest BCUT2D eigenvalue weighted by atomic mass is 16.6. The van der Waals surface area contributed by atoms with Gasteiger partial charge in [-0.1, -0.05) is 24.3 Å². The number of nitrogens with zero attached hydrogens (tertiary/aromatic N) is 1. The molecule has 3 fully saturated rings. The normalized spacial score (nSPS) is 35.2. The molecule has 0 amide bonds. The second-order valence-corrected chi connectivity index (χ2v) is 10.0. The van der Waals surface area contributed by atoms with Gasteiger partial charge in [-0.25, -0.2) is 4.79 Å². The number of aliphatic hydroxyl groups is 1. The van der Waals surface area contributed by atoms with Gasteiger partial charge in [0.25, 0.3) is 0 Å². The van der Waals surface area contributed by atoms with Crippen molar-refractivity contribution in [3.63, 3.8) is 0 Å². The molecule has 0 unspecified atom stereocenters. The molecule has 0 aromatic heterocycles. The van der Waals surface area contributed by atoms with Crippen molar-refractivity contribution < 1.29 is 24.2 Å². The van der Waals surface area contributed by atoms with Crippen molar-refractivity contribution in [1.82, 2.24) is 4.90 Å². The minimum atomic E-state index is -1.01. The zero-order valence-electron chi connectivity index (χ0n) is 18.4. The second kappa shape index (κ2) is 7.03. The summed E-state index contributed by atoms with van der Waals surface area (Å²) in [5.41, 5.74) is 0.254. The molecule has 6 heteroatoms. The lowest BCUT2D eigenvalue weighted by Gasteiger charge is -2.62. The van der Waals surface area contributed by atoms with E-state index in [1.54, 1.807) is 18.2 Å². The van der Waals surface area contributed by atoms with Crippen molar-refractivity contribution in [1.29, 1.82) is 0 Å². The number of hydrogen-bond donors (Lipinski definition) is 1. The molecule has 168 valence electrons. The van der Waals surface area contributed by atoms with Gasteiger partial charge in [0.05, 0.1) is 11.0 Å². The van der Waals surface area contributed by atoms with Crippen LogP contribution in [0.25, 0.3) is 0 Å². The smallest absolute Gasteiger partial charge is 0.336 e. The molecule has 6 rings (SSSR count). The van der Waals surface area contributed by atoms with Crippen LogP contribution in [0.15, 0.2) is 36.4 Å². The molecule has 1 saturated heterocycles. The zero-order chi connectivity index (χ0) is 22.1. The summed E-state index contributed by atoms with van der Waals surface area (Å²) in [6.45, 7) is 3.75. The van der Waals surface area contributed by atoms with Gasteiger partial charge >= 0.3 is 5.97 Å². The monoisotopic (exact) mass is 435 g/mol. The Kier molecular flexibility index (Phi) is 4.43. The third kappa shape index (κ3) is 2.66. The Balaban J connectivity index is 1.44. The van der Waals surface area contributed by atoms with Crippen LogP contribution in [0.5, 0.6) is 11.5 Å². The number of piperidine rings is 1. The van der Waals surface area contributed by atoms with Crippen molar-refractivity contribution in [2.75, 3.05) is 13.1 Å². The van der Waals surface area contributed by atoms with Gasteiger partial charge in [-0.15, -0.1) is 0 Å². The Labute approximate surface area is 187 Å². The quantitative estimate of drug-likeness (QED) is 0.332. The summed E-state index contributed by atoms with van der Waals surface area (Å²) < 4.78 is 11.9. The van der Waals surface area contributed by atoms with Crippen molar-refractivity contribution in [3.05, 3.63) is 47.6 Å². The molecule has 2 heterocycles. The van der Waals surface area contributed by atoms with Gasteiger partial charge in [0, 0.05) is 30.6 Å². The van der Waals surface area contributed by atoms with Gasteiger partial charge in [-0.2, -0.15) is 0 Å². The topological polar surface area (TPSA) is 76.1 Å². The summed E-state index contributed by atoms with van der Waals surface area (Å²) in [6.07, 6.45) is 10.6. The van der Waals surface area contributed by atoms with E-state index in [-0.39, 0.29) is 11.8 Å². The number of ether oxygens (including phenoxy) is 2. The molecule has 4 atom stereocenters. The van der Waals surface area contributed by atoms with Gasteiger partial charge in [0.15, 0.2) is 23.4 Å². The lowest BCUT2D eigenvalue weighted by molar-refractivity contribution is -0.188. The van der Waals surface area contributed by atoms with Crippen LogP contribution in [0.3, 0.4) is 0 Å². The fourth-order valence-electron chi connectivity index (χ4n) is 6.72. The number of hydrogen-bond acceptors (Lipinski definition) is 6. The Morgan fingerprint density at radius 2 is 2.16 bits per heavy atom. The Morgan fingerprint density at radius 3 is 2.94 bits per heavy atom.